The monoisotopic (exact) mass is 662 g/mol. The maximum Gasteiger partial charge on any atom is 0.210 e. The summed E-state index contributed by atoms with van der Waals surface area (Å²) in [6.45, 7) is 0.530. The fourth-order valence-corrected chi connectivity index (χ4v) is 5.19. The summed E-state index contributed by atoms with van der Waals surface area (Å²) in [5.74, 6) is 1.38. The van der Waals surface area contributed by atoms with Crippen molar-refractivity contribution < 1.29 is 4.74 Å². The van der Waals surface area contributed by atoms with Gasteiger partial charge in [-0.25, -0.2) is 4.68 Å². The van der Waals surface area contributed by atoms with Crippen LogP contribution in [0.25, 0.3) is 17.1 Å². The number of methoxy groups -OCH3 is 1. The lowest BCUT2D eigenvalue weighted by Gasteiger charge is -2.05. The van der Waals surface area contributed by atoms with E-state index in [2.05, 4.69) is 81.6 Å². The quantitative estimate of drug-likeness (QED) is 0.294. The van der Waals surface area contributed by atoms with E-state index in [1.165, 1.54) is 0 Å². The first-order valence-corrected chi connectivity index (χ1v) is 11.1. The largest absolute Gasteiger partial charge is 0.497 e. The molecular formula is C18H13BrI2N6O. The van der Waals surface area contributed by atoms with E-state index >= 15 is 0 Å². The van der Waals surface area contributed by atoms with Crippen LogP contribution in [0.4, 0.5) is 0 Å². The van der Waals surface area contributed by atoms with Crippen molar-refractivity contribution in [1.82, 2.24) is 30.0 Å². The van der Waals surface area contributed by atoms with Gasteiger partial charge < -0.3 is 4.74 Å². The molecule has 142 valence electrons. The number of para-hydroxylation sites is 1. The normalized spacial score (nSPS) is 11.0. The van der Waals surface area contributed by atoms with Crippen LogP contribution in [0.5, 0.6) is 5.75 Å². The Hall–Kier alpha value is -1.54. The number of nitrogens with zero attached hydrogens (tertiary/aromatic N) is 6. The van der Waals surface area contributed by atoms with Crippen molar-refractivity contribution in [2.24, 2.45) is 0 Å². The molecule has 7 nitrogen and oxygen atoms in total. The maximum absolute atomic E-state index is 5.19. The summed E-state index contributed by atoms with van der Waals surface area (Å²) in [6, 6.07) is 15.8. The van der Waals surface area contributed by atoms with Crippen molar-refractivity contribution in [1.29, 1.82) is 0 Å². The lowest BCUT2D eigenvalue weighted by Crippen LogP contribution is -2.04. The fraction of sp³-hybridized carbons (Fsp3) is 0.111. The zero-order valence-corrected chi connectivity index (χ0v) is 20.5. The summed E-state index contributed by atoms with van der Waals surface area (Å²) in [7, 11) is 1.65. The maximum atomic E-state index is 5.19. The third kappa shape index (κ3) is 3.94. The van der Waals surface area contributed by atoms with Crippen molar-refractivity contribution >= 4 is 61.1 Å². The van der Waals surface area contributed by atoms with Crippen molar-refractivity contribution in [3.63, 3.8) is 0 Å². The molecule has 0 bridgehead atoms. The molecule has 0 saturated heterocycles. The number of aromatic nitrogens is 6. The first-order valence-electron chi connectivity index (χ1n) is 8.17. The van der Waals surface area contributed by atoms with Crippen LogP contribution in [0.1, 0.15) is 5.56 Å². The Labute approximate surface area is 196 Å². The van der Waals surface area contributed by atoms with Gasteiger partial charge in [0.25, 0.3) is 0 Å². The number of rotatable bonds is 5. The highest BCUT2D eigenvalue weighted by Crippen LogP contribution is 2.31. The standard InChI is InChI=1S/C18H13BrI2N6O/c1-28-12-8-6-11(7-9-12)10-26-24-18(22-25-26)15-16(20)23-27(17(15)21)14-5-3-2-4-13(14)19/h2-9H,10H2,1H3. The second-order valence-corrected chi connectivity index (χ2v) is 8.71. The molecule has 0 unspecified atom stereocenters. The molecule has 0 saturated carbocycles. The zero-order valence-electron chi connectivity index (χ0n) is 14.6. The van der Waals surface area contributed by atoms with Gasteiger partial charge in [-0.15, -0.1) is 10.2 Å². The number of benzene rings is 2. The Balaban J connectivity index is 1.64. The second kappa shape index (κ2) is 8.45. The molecule has 28 heavy (non-hydrogen) atoms. The molecule has 0 aliphatic rings. The van der Waals surface area contributed by atoms with Crippen LogP contribution < -0.4 is 4.74 Å². The lowest BCUT2D eigenvalue weighted by molar-refractivity contribution is 0.414. The molecule has 2 heterocycles. The topological polar surface area (TPSA) is 70.7 Å². The minimum absolute atomic E-state index is 0.530. The second-order valence-electron chi connectivity index (χ2n) is 5.81. The van der Waals surface area contributed by atoms with Crippen molar-refractivity contribution in [3.05, 3.63) is 66.0 Å². The Kier molecular flexibility index (Phi) is 5.96. The average Bonchev–Trinajstić information content (AvgIpc) is 3.26. The van der Waals surface area contributed by atoms with Gasteiger partial charge in [-0.1, -0.05) is 24.3 Å². The van der Waals surface area contributed by atoms with Crippen LogP contribution in [0, 0.1) is 7.40 Å². The predicted molar refractivity (Wildman–Crippen MR) is 126 cm³/mol. The van der Waals surface area contributed by atoms with Crippen LogP contribution in [0.15, 0.2) is 53.0 Å². The molecule has 0 amide bonds. The van der Waals surface area contributed by atoms with Crippen molar-refractivity contribution in [2.45, 2.75) is 6.54 Å². The number of halogens is 3. The number of hydrogen-bond donors (Lipinski definition) is 0. The number of hydrogen-bond acceptors (Lipinski definition) is 5. The van der Waals surface area contributed by atoms with Crippen LogP contribution in [0.2, 0.25) is 0 Å². The molecule has 0 fully saturated rings. The summed E-state index contributed by atoms with van der Waals surface area (Å²) in [5, 5.41) is 17.7. The van der Waals surface area contributed by atoms with E-state index in [0.717, 1.165) is 34.4 Å². The van der Waals surface area contributed by atoms with Gasteiger partial charge in [0.1, 0.15) is 13.2 Å². The molecule has 0 radical (unpaired) electrons. The molecule has 0 aliphatic carbocycles. The van der Waals surface area contributed by atoms with Crippen LogP contribution in [-0.4, -0.2) is 37.1 Å². The average molecular weight is 663 g/mol. The van der Waals surface area contributed by atoms with Crippen LogP contribution >= 0.6 is 61.1 Å². The van der Waals surface area contributed by atoms with E-state index in [-0.39, 0.29) is 0 Å². The molecule has 0 N–H and O–H groups in total. The first-order chi connectivity index (χ1) is 13.6. The smallest absolute Gasteiger partial charge is 0.210 e. The number of tetrazole rings is 1. The molecule has 0 spiro atoms. The van der Waals surface area contributed by atoms with Crippen LogP contribution in [-0.2, 0) is 6.54 Å². The zero-order chi connectivity index (χ0) is 19.7. The summed E-state index contributed by atoms with van der Waals surface area (Å²) >= 11 is 8.06. The number of ether oxygens (including phenoxy) is 1. The van der Waals surface area contributed by atoms with E-state index in [1.54, 1.807) is 11.9 Å². The van der Waals surface area contributed by atoms with Gasteiger partial charge in [0.05, 0.1) is 24.9 Å². The van der Waals surface area contributed by atoms with Crippen LogP contribution in [0.3, 0.4) is 0 Å². The van der Waals surface area contributed by atoms with E-state index in [1.807, 2.05) is 53.2 Å². The van der Waals surface area contributed by atoms with Crippen molar-refractivity contribution in [3.8, 4) is 22.8 Å². The molecule has 4 aromatic rings. The predicted octanol–water partition coefficient (Wildman–Crippen LogP) is 4.55. The Morgan fingerprint density at radius 3 is 2.50 bits per heavy atom. The molecule has 0 atom stereocenters. The van der Waals surface area contributed by atoms with Gasteiger partial charge in [0.2, 0.25) is 5.82 Å². The highest BCUT2D eigenvalue weighted by atomic mass is 127. The van der Waals surface area contributed by atoms with E-state index < -0.39 is 0 Å². The van der Waals surface area contributed by atoms with E-state index in [4.69, 9.17) is 4.74 Å². The highest BCUT2D eigenvalue weighted by Gasteiger charge is 2.21. The third-order valence-electron chi connectivity index (χ3n) is 4.03. The lowest BCUT2D eigenvalue weighted by atomic mass is 10.2. The summed E-state index contributed by atoms with van der Waals surface area (Å²) in [6.07, 6.45) is 0. The first kappa shape index (κ1) is 19.8. The van der Waals surface area contributed by atoms with E-state index in [9.17, 15) is 0 Å². The minimum Gasteiger partial charge on any atom is -0.497 e. The molecule has 2 aromatic carbocycles. The van der Waals surface area contributed by atoms with E-state index in [0.29, 0.717) is 12.4 Å². The SMILES string of the molecule is COc1ccc(Cn2nnc(-c3c(I)nn(-c4ccccc4Br)c3I)n2)cc1. The van der Waals surface area contributed by atoms with Gasteiger partial charge in [-0.2, -0.15) is 9.90 Å². The highest BCUT2D eigenvalue weighted by molar-refractivity contribution is 14.1. The van der Waals surface area contributed by atoms with Gasteiger partial charge >= 0.3 is 0 Å². The fourth-order valence-electron chi connectivity index (χ4n) is 2.64. The molecule has 0 aliphatic heterocycles. The van der Waals surface area contributed by atoms with Gasteiger partial charge in [-0.3, -0.25) is 0 Å². The van der Waals surface area contributed by atoms with Gasteiger partial charge in [0.15, 0.2) is 0 Å². The van der Waals surface area contributed by atoms with Gasteiger partial charge in [0, 0.05) is 4.47 Å². The molecular weight excluding hydrogens is 650 g/mol. The molecule has 10 heteroatoms. The Morgan fingerprint density at radius 2 is 1.79 bits per heavy atom. The Morgan fingerprint density at radius 1 is 1.04 bits per heavy atom. The molecule has 4 rings (SSSR count). The minimum atomic E-state index is 0.530. The third-order valence-corrected chi connectivity index (χ3v) is 6.45. The Bertz CT molecular complexity index is 1130. The van der Waals surface area contributed by atoms with Gasteiger partial charge in [-0.05, 0) is 96.2 Å². The van der Waals surface area contributed by atoms with Crippen molar-refractivity contribution in [2.75, 3.05) is 7.11 Å². The molecule has 2 aromatic heterocycles. The summed E-state index contributed by atoms with van der Waals surface area (Å²) in [4.78, 5) is 1.58. The summed E-state index contributed by atoms with van der Waals surface area (Å²) in [5.41, 5.74) is 2.90. The summed E-state index contributed by atoms with van der Waals surface area (Å²) < 4.78 is 9.79.